The molecule has 0 heterocycles. The van der Waals surface area contributed by atoms with E-state index < -0.39 is 6.10 Å². The van der Waals surface area contributed by atoms with Crippen molar-refractivity contribution < 1.29 is 28.6 Å². The summed E-state index contributed by atoms with van der Waals surface area (Å²) in [5.74, 6) is -0.884. The lowest BCUT2D eigenvalue weighted by molar-refractivity contribution is -0.167. The first-order valence-electron chi connectivity index (χ1n) is 32.6. The summed E-state index contributed by atoms with van der Waals surface area (Å²) in [5.41, 5.74) is 0. The monoisotopic (exact) mass is 1040 g/mol. The van der Waals surface area contributed by atoms with E-state index >= 15 is 0 Å². The molecule has 0 rings (SSSR count). The number of hydrogen-bond donors (Lipinski definition) is 0. The highest BCUT2D eigenvalue weighted by atomic mass is 16.6. The number of carbonyl (C=O) groups is 3. The molecule has 0 spiro atoms. The van der Waals surface area contributed by atoms with Crippen molar-refractivity contribution in [3.63, 3.8) is 0 Å². The summed E-state index contributed by atoms with van der Waals surface area (Å²) in [4.78, 5) is 38.2. The molecule has 1 atom stereocenters. The first-order chi connectivity index (χ1) is 36.5. The third-order valence-electron chi connectivity index (χ3n) is 14.5. The number of esters is 3. The summed E-state index contributed by atoms with van der Waals surface area (Å²) in [6.45, 7) is 6.61. The zero-order valence-corrected chi connectivity index (χ0v) is 49.6. The van der Waals surface area contributed by atoms with Crippen molar-refractivity contribution in [2.45, 2.75) is 354 Å². The molecule has 0 aliphatic heterocycles. The Bertz CT molecular complexity index is 1280. The molecular weight excluding hydrogens is 913 g/mol. The van der Waals surface area contributed by atoms with E-state index in [2.05, 4.69) is 69.4 Å². The molecule has 0 amide bonds. The van der Waals surface area contributed by atoms with E-state index in [-0.39, 0.29) is 31.1 Å². The zero-order chi connectivity index (χ0) is 53.6. The molecule has 432 valence electrons. The van der Waals surface area contributed by atoms with Crippen LogP contribution in [0.15, 0.2) is 48.6 Å². The SMILES string of the molecule is CCCC/C=C\C/C=C\CCCCCCCC(=O)OC(COC(=O)CCCCCCC/C=C\CCCCCC)COC(=O)CCCCCCCCCCCCCCCCCCC/C=C\CCCCCCCCCC. The number of allylic oxidation sites excluding steroid dienone is 8. The topological polar surface area (TPSA) is 78.9 Å². The second-order valence-electron chi connectivity index (χ2n) is 22.0. The fraction of sp³-hybridized carbons (Fsp3) is 0.838. The molecule has 0 radical (unpaired) electrons. The van der Waals surface area contributed by atoms with E-state index in [1.807, 2.05) is 0 Å². The van der Waals surface area contributed by atoms with Crippen molar-refractivity contribution in [2.24, 2.45) is 0 Å². The largest absolute Gasteiger partial charge is 0.462 e. The van der Waals surface area contributed by atoms with Crippen molar-refractivity contribution in [1.82, 2.24) is 0 Å². The van der Waals surface area contributed by atoms with Gasteiger partial charge < -0.3 is 14.2 Å². The second kappa shape index (κ2) is 62.9. The van der Waals surface area contributed by atoms with Gasteiger partial charge in [0.1, 0.15) is 13.2 Å². The third-order valence-corrected chi connectivity index (χ3v) is 14.5. The average molecular weight is 1040 g/mol. The Labute approximate surface area is 460 Å². The lowest BCUT2D eigenvalue weighted by atomic mass is 10.0. The Morgan fingerprint density at radius 1 is 0.270 bits per heavy atom. The summed E-state index contributed by atoms with van der Waals surface area (Å²) >= 11 is 0. The third kappa shape index (κ3) is 60.2. The predicted octanol–water partition coefficient (Wildman–Crippen LogP) is 22.2. The van der Waals surface area contributed by atoms with Crippen LogP contribution in [0.1, 0.15) is 348 Å². The van der Waals surface area contributed by atoms with Gasteiger partial charge in [0.05, 0.1) is 0 Å². The van der Waals surface area contributed by atoms with E-state index in [9.17, 15) is 14.4 Å². The first kappa shape index (κ1) is 71.4. The Morgan fingerprint density at radius 2 is 0.500 bits per heavy atom. The molecule has 0 aliphatic rings. The van der Waals surface area contributed by atoms with Crippen LogP contribution in [-0.4, -0.2) is 37.2 Å². The van der Waals surface area contributed by atoms with Crippen LogP contribution in [0.3, 0.4) is 0 Å². The molecule has 0 aromatic rings. The van der Waals surface area contributed by atoms with Gasteiger partial charge in [-0.15, -0.1) is 0 Å². The van der Waals surface area contributed by atoms with Crippen LogP contribution in [0.5, 0.6) is 0 Å². The predicted molar refractivity (Wildman–Crippen MR) is 321 cm³/mol. The van der Waals surface area contributed by atoms with Gasteiger partial charge in [0, 0.05) is 19.3 Å². The van der Waals surface area contributed by atoms with Gasteiger partial charge in [0.2, 0.25) is 0 Å². The average Bonchev–Trinajstić information content (AvgIpc) is 3.40. The molecule has 0 bridgehead atoms. The van der Waals surface area contributed by atoms with Crippen LogP contribution in [-0.2, 0) is 28.6 Å². The second-order valence-corrected chi connectivity index (χ2v) is 22.0. The molecule has 0 aromatic heterocycles. The van der Waals surface area contributed by atoms with Crippen molar-refractivity contribution >= 4 is 17.9 Å². The smallest absolute Gasteiger partial charge is 0.306 e. The van der Waals surface area contributed by atoms with Crippen molar-refractivity contribution in [3.05, 3.63) is 48.6 Å². The molecule has 0 N–H and O–H groups in total. The Hall–Kier alpha value is -2.63. The molecule has 74 heavy (non-hydrogen) atoms. The highest BCUT2D eigenvalue weighted by molar-refractivity contribution is 5.71. The van der Waals surface area contributed by atoms with E-state index in [4.69, 9.17) is 14.2 Å². The Kier molecular flexibility index (Phi) is 60.7. The summed E-state index contributed by atoms with van der Waals surface area (Å²) in [6, 6.07) is 0. The van der Waals surface area contributed by atoms with Crippen LogP contribution in [0.4, 0.5) is 0 Å². The van der Waals surface area contributed by atoms with Crippen LogP contribution in [0, 0.1) is 0 Å². The van der Waals surface area contributed by atoms with Gasteiger partial charge in [-0.3, -0.25) is 14.4 Å². The molecule has 0 fully saturated rings. The summed E-state index contributed by atoms with van der Waals surface area (Å²) in [6.07, 6.45) is 78.5. The van der Waals surface area contributed by atoms with Crippen molar-refractivity contribution in [1.29, 1.82) is 0 Å². The number of carbonyl (C=O) groups excluding carboxylic acids is 3. The van der Waals surface area contributed by atoms with Crippen molar-refractivity contribution in [2.75, 3.05) is 13.2 Å². The first-order valence-corrected chi connectivity index (χ1v) is 32.6. The minimum Gasteiger partial charge on any atom is -0.462 e. The van der Waals surface area contributed by atoms with Crippen LogP contribution in [0.2, 0.25) is 0 Å². The molecular formula is C68H124O6. The molecule has 6 heteroatoms. The van der Waals surface area contributed by atoms with Crippen LogP contribution in [0.25, 0.3) is 0 Å². The quantitative estimate of drug-likeness (QED) is 0.0261. The summed E-state index contributed by atoms with van der Waals surface area (Å²) < 4.78 is 16.9. The number of ether oxygens (including phenoxy) is 3. The maximum absolute atomic E-state index is 12.9. The van der Waals surface area contributed by atoms with Gasteiger partial charge in [-0.05, 0) is 96.3 Å². The maximum atomic E-state index is 12.9. The minimum absolute atomic E-state index is 0.0785. The van der Waals surface area contributed by atoms with Crippen molar-refractivity contribution in [3.8, 4) is 0 Å². The lowest BCUT2D eigenvalue weighted by Gasteiger charge is -2.18. The molecule has 6 nitrogen and oxygen atoms in total. The lowest BCUT2D eigenvalue weighted by Crippen LogP contribution is -2.30. The molecule has 1 unspecified atom stereocenters. The highest BCUT2D eigenvalue weighted by Gasteiger charge is 2.19. The van der Waals surface area contributed by atoms with Gasteiger partial charge in [-0.1, -0.05) is 281 Å². The zero-order valence-electron chi connectivity index (χ0n) is 49.6. The van der Waals surface area contributed by atoms with Crippen LogP contribution >= 0.6 is 0 Å². The number of rotatable bonds is 60. The minimum atomic E-state index is -0.782. The maximum Gasteiger partial charge on any atom is 0.306 e. The van der Waals surface area contributed by atoms with E-state index in [1.54, 1.807) is 0 Å². The Balaban J connectivity index is 4.16. The molecule has 0 aromatic carbocycles. The van der Waals surface area contributed by atoms with Gasteiger partial charge in [-0.2, -0.15) is 0 Å². The van der Waals surface area contributed by atoms with Gasteiger partial charge >= 0.3 is 17.9 Å². The molecule has 0 saturated carbocycles. The van der Waals surface area contributed by atoms with E-state index in [0.717, 1.165) is 89.9 Å². The number of unbranched alkanes of at least 4 members (excludes halogenated alkanes) is 41. The fourth-order valence-electron chi connectivity index (χ4n) is 9.57. The van der Waals surface area contributed by atoms with Gasteiger partial charge in [0.15, 0.2) is 6.10 Å². The molecule has 0 aliphatic carbocycles. The number of hydrogen-bond acceptors (Lipinski definition) is 6. The Morgan fingerprint density at radius 3 is 0.811 bits per heavy atom. The van der Waals surface area contributed by atoms with E-state index in [0.29, 0.717) is 19.3 Å². The standard InChI is InChI=1S/C68H124O6/c1-4-7-10-13-16-19-22-25-27-28-29-30-31-32-33-34-35-36-37-38-39-40-41-44-46-49-52-55-58-61-67(70)73-64-65(63-72-66(69)60-57-54-51-48-45-42-24-21-18-15-12-9-6-3)74-68(71)62-59-56-53-50-47-43-26-23-20-17-14-11-8-5-2/h14,17,21,23-24,26,28-29,65H,4-13,15-16,18-20,22,25,27,30-64H2,1-3H3/b17-14-,24-21-,26-23-,29-28-. The fourth-order valence-corrected chi connectivity index (χ4v) is 9.57. The normalized spacial score (nSPS) is 12.3. The summed E-state index contributed by atoms with van der Waals surface area (Å²) in [7, 11) is 0. The van der Waals surface area contributed by atoms with Gasteiger partial charge in [-0.25, -0.2) is 0 Å². The highest BCUT2D eigenvalue weighted by Crippen LogP contribution is 2.17. The summed E-state index contributed by atoms with van der Waals surface area (Å²) in [5, 5.41) is 0. The van der Waals surface area contributed by atoms with E-state index in [1.165, 1.54) is 218 Å². The molecule has 0 saturated heterocycles. The van der Waals surface area contributed by atoms with Crippen LogP contribution < -0.4 is 0 Å². The van der Waals surface area contributed by atoms with Gasteiger partial charge in [0.25, 0.3) is 0 Å².